The van der Waals surface area contributed by atoms with E-state index in [0.717, 1.165) is 0 Å². The molecule has 0 atom stereocenters. The second kappa shape index (κ2) is 7.09. The van der Waals surface area contributed by atoms with E-state index in [0.29, 0.717) is 16.9 Å². The predicted molar refractivity (Wildman–Crippen MR) is 87.7 cm³/mol. The minimum Gasteiger partial charge on any atom is -0.482 e. The molecule has 0 heterocycles. The van der Waals surface area contributed by atoms with E-state index in [4.69, 9.17) is 9.47 Å². The summed E-state index contributed by atoms with van der Waals surface area (Å²) in [5.74, 6) is 0.0340. The topological polar surface area (TPSA) is 52.6 Å². The summed E-state index contributed by atoms with van der Waals surface area (Å²) in [6, 6.07) is 15.8. The summed E-state index contributed by atoms with van der Waals surface area (Å²) in [5.41, 5.74) is 0.669. The van der Waals surface area contributed by atoms with Crippen LogP contribution in [-0.4, -0.2) is 24.0 Å². The molecule has 0 N–H and O–H groups in total. The number of rotatable bonds is 5. The molecule has 0 saturated carbocycles. The lowest BCUT2D eigenvalue weighted by molar-refractivity contribution is -0.157. The Hall–Kier alpha value is -2.62. The van der Waals surface area contributed by atoms with Crippen molar-refractivity contribution in [2.45, 2.75) is 26.4 Å². The first-order chi connectivity index (χ1) is 10.8. The summed E-state index contributed by atoms with van der Waals surface area (Å²) in [4.78, 5) is 23.9. The average molecular weight is 312 g/mol. The molecule has 2 aromatic carbocycles. The fourth-order valence-corrected chi connectivity index (χ4v) is 1.97. The van der Waals surface area contributed by atoms with Crippen LogP contribution in [0.5, 0.6) is 5.75 Å². The molecule has 0 bridgehead atoms. The Morgan fingerprint density at radius 3 is 2.00 bits per heavy atom. The van der Waals surface area contributed by atoms with Crippen molar-refractivity contribution in [2.75, 3.05) is 6.61 Å². The van der Waals surface area contributed by atoms with Gasteiger partial charge in [0.1, 0.15) is 11.4 Å². The molecule has 0 amide bonds. The van der Waals surface area contributed by atoms with Crippen molar-refractivity contribution in [3.8, 4) is 5.75 Å². The van der Waals surface area contributed by atoms with Gasteiger partial charge in [-0.2, -0.15) is 0 Å². The van der Waals surface area contributed by atoms with Gasteiger partial charge < -0.3 is 9.47 Å². The maximum absolute atomic E-state index is 12.3. The van der Waals surface area contributed by atoms with E-state index in [9.17, 15) is 9.59 Å². The summed E-state index contributed by atoms with van der Waals surface area (Å²) in [6.07, 6.45) is 0. The van der Waals surface area contributed by atoms with E-state index in [2.05, 4.69) is 0 Å². The zero-order valence-electron chi connectivity index (χ0n) is 13.5. The molecule has 4 heteroatoms. The molecule has 0 aromatic heterocycles. The van der Waals surface area contributed by atoms with Gasteiger partial charge in [-0.25, -0.2) is 4.79 Å². The minimum atomic E-state index is -0.535. The SMILES string of the molecule is CC(C)(C)OC(=O)COc1ccc(C(=O)c2ccccc2)cc1. The van der Waals surface area contributed by atoms with E-state index in [-0.39, 0.29) is 12.4 Å². The summed E-state index contributed by atoms with van der Waals surface area (Å²) < 4.78 is 10.5. The van der Waals surface area contributed by atoms with Crippen LogP contribution >= 0.6 is 0 Å². The van der Waals surface area contributed by atoms with Gasteiger partial charge in [0.05, 0.1) is 0 Å². The van der Waals surface area contributed by atoms with Gasteiger partial charge >= 0.3 is 5.97 Å². The van der Waals surface area contributed by atoms with Crippen molar-refractivity contribution < 1.29 is 19.1 Å². The van der Waals surface area contributed by atoms with E-state index >= 15 is 0 Å². The van der Waals surface area contributed by atoms with Gasteiger partial charge in [-0.3, -0.25) is 4.79 Å². The van der Waals surface area contributed by atoms with Crippen LogP contribution in [0, 0.1) is 0 Å². The lowest BCUT2D eigenvalue weighted by atomic mass is 10.0. The van der Waals surface area contributed by atoms with E-state index in [1.54, 1.807) is 57.2 Å². The zero-order chi connectivity index (χ0) is 16.9. The molecular weight excluding hydrogens is 292 g/mol. The number of carbonyl (C=O) groups is 2. The molecule has 2 aromatic rings. The third kappa shape index (κ3) is 5.25. The largest absolute Gasteiger partial charge is 0.482 e. The van der Waals surface area contributed by atoms with Gasteiger partial charge in [-0.1, -0.05) is 30.3 Å². The van der Waals surface area contributed by atoms with Gasteiger partial charge in [-0.15, -0.1) is 0 Å². The smallest absolute Gasteiger partial charge is 0.344 e. The van der Waals surface area contributed by atoms with Crippen LogP contribution in [0.3, 0.4) is 0 Å². The summed E-state index contributed by atoms with van der Waals surface area (Å²) in [6.45, 7) is 5.24. The molecular formula is C19H20O4. The summed E-state index contributed by atoms with van der Waals surface area (Å²) in [7, 11) is 0. The van der Waals surface area contributed by atoms with Gasteiger partial charge in [0.15, 0.2) is 12.4 Å². The van der Waals surface area contributed by atoms with E-state index < -0.39 is 11.6 Å². The molecule has 0 aliphatic rings. The maximum Gasteiger partial charge on any atom is 0.344 e. The highest BCUT2D eigenvalue weighted by molar-refractivity contribution is 6.08. The predicted octanol–water partition coefficient (Wildman–Crippen LogP) is 3.64. The maximum atomic E-state index is 12.3. The zero-order valence-corrected chi connectivity index (χ0v) is 13.5. The number of benzene rings is 2. The monoisotopic (exact) mass is 312 g/mol. The highest BCUT2D eigenvalue weighted by atomic mass is 16.6. The number of carbonyl (C=O) groups excluding carboxylic acids is 2. The second-order valence-corrected chi connectivity index (χ2v) is 6.09. The van der Waals surface area contributed by atoms with E-state index in [1.165, 1.54) is 0 Å². The molecule has 0 unspecified atom stereocenters. The molecule has 2 rings (SSSR count). The van der Waals surface area contributed by atoms with E-state index in [1.807, 2.05) is 18.2 Å². The fourth-order valence-electron chi connectivity index (χ4n) is 1.97. The van der Waals surface area contributed by atoms with Crippen molar-refractivity contribution in [1.82, 2.24) is 0 Å². The van der Waals surface area contributed by atoms with Crippen LogP contribution in [0.2, 0.25) is 0 Å². The average Bonchev–Trinajstić information content (AvgIpc) is 2.52. The molecule has 0 aliphatic heterocycles. The Morgan fingerprint density at radius 2 is 1.43 bits per heavy atom. The van der Waals surface area contributed by atoms with Crippen molar-refractivity contribution in [3.63, 3.8) is 0 Å². The number of ether oxygens (including phenoxy) is 2. The highest BCUT2D eigenvalue weighted by Crippen LogP contribution is 2.16. The van der Waals surface area contributed by atoms with Gasteiger partial charge in [0.2, 0.25) is 0 Å². The third-order valence-electron chi connectivity index (χ3n) is 2.93. The Morgan fingerprint density at radius 1 is 0.870 bits per heavy atom. The van der Waals surface area contributed by atoms with Crippen LogP contribution < -0.4 is 4.74 Å². The lowest BCUT2D eigenvalue weighted by Gasteiger charge is -2.19. The number of esters is 1. The van der Waals surface area contributed by atoms with Crippen LogP contribution in [0.25, 0.3) is 0 Å². The van der Waals surface area contributed by atoms with Crippen LogP contribution in [0.4, 0.5) is 0 Å². The standard InChI is InChI=1S/C19H20O4/c1-19(2,3)23-17(20)13-22-16-11-9-15(10-12-16)18(21)14-7-5-4-6-8-14/h4-12H,13H2,1-3H3. The summed E-state index contributed by atoms with van der Waals surface area (Å²) in [5, 5.41) is 0. The first kappa shape index (κ1) is 16.7. The number of hydrogen-bond acceptors (Lipinski definition) is 4. The van der Waals surface area contributed by atoms with Crippen molar-refractivity contribution >= 4 is 11.8 Å². The molecule has 0 saturated heterocycles. The highest BCUT2D eigenvalue weighted by Gasteiger charge is 2.16. The summed E-state index contributed by atoms with van der Waals surface area (Å²) >= 11 is 0. The van der Waals surface area contributed by atoms with Gasteiger partial charge in [0, 0.05) is 11.1 Å². The molecule has 4 nitrogen and oxygen atoms in total. The molecule has 0 radical (unpaired) electrons. The Labute approximate surface area is 136 Å². The van der Waals surface area contributed by atoms with Crippen LogP contribution in [-0.2, 0) is 9.53 Å². The first-order valence-electron chi connectivity index (χ1n) is 7.39. The minimum absolute atomic E-state index is 0.0516. The molecule has 120 valence electrons. The molecule has 23 heavy (non-hydrogen) atoms. The fraction of sp³-hybridized carbons (Fsp3) is 0.263. The molecule has 0 spiro atoms. The number of hydrogen-bond donors (Lipinski definition) is 0. The molecule has 0 fully saturated rings. The van der Waals surface area contributed by atoms with Crippen LogP contribution in [0.1, 0.15) is 36.7 Å². The normalized spacial score (nSPS) is 10.9. The second-order valence-electron chi connectivity index (χ2n) is 6.09. The number of ketones is 1. The Balaban J connectivity index is 1.95. The lowest BCUT2D eigenvalue weighted by Crippen LogP contribution is -2.27. The molecule has 0 aliphatic carbocycles. The van der Waals surface area contributed by atoms with Crippen LogP contribution in [0.15, 0.2) is 54.6 Å². The third-order valence-corrected chi connectivity index (χ3v) is 2.93. The van der Waals surface area contributed by atoms with Gasteiger partial charge in [-0.05, 0) is 45.0 Å². The Kier molecular flexibility index (Phi) is 5.16. The van der Waals surface area contributed by atoms with Crippen molar-refractivity contribution in [2.24, 2.45) is 0 Å². The first-order valence-corrected chi connectivity index (χ1v) is 7.39. The van der Waals surface area contributed by atoms with Gasteiger partial charge in [0.25, 0.3) is 0 Å². The van der Waals surface area contributed by atoms with Crippen molar-refractivity contribution in [1.29, 1.82) is 0 Å². The van der Waals surface area contributed by atoms with Crippen molar-refractivity contribution in [3.05, 3.63) is 65.7 Å². The Bertz CT molecular complexity index is 667. The quantitative estimate of drug-likeness (QED) is 0.625.